The van der Waals surface area contributed by atoms with E-state index < -0.39 is 0 Å². The minimum absolute atomic E-state index is 0.0271. The highest BCUT2D eigenvalue weighted by Crippen LogP contribution is 2.44. The smallest absolute Gasteiger partial charge is 0.274 e. The summed E-state index contributed by atoms with van der Waals surface area (Å²) in [6, 6.07) is 12.2. The number of fused-ring (bicyclic) bond motifs is 2. The Bertz CT molecular complexity index is 1070. The van der Waals surface area contributed by atoms with Gasteiger partial charge in [0.05, 0.1) is 5.69 Å². The lowest BCUT2D eigenvalue weighted by molar-refractivity contribution is 0.0626. The third-order valence-corrected chi connectivity index (χ3v) is 6.49. The molecule has 1 saturated heterocycles. The van der Waals surface area contributed by atoms with Crippen LogP contribution in [0.3, 0.4) is 0 Å². The Labute approximate surface area is 177 Å². The molecule has 1 unspecified atom stereocenters. The van der Waals surface area contributed by atoms with Crippen molar-refractivity contribution in [1.29, 1.82) is 0 Å². The lowest BCUT2D eigenvalue weighted by Gasteiger charge is -2.40. The first kappa shape index (κ1) is 19.0. The molecule has 6 nitrogen and oxygen atoms in total. The maximum Gasteiger partial charge on any atom is 0.274 e. The lowest BCUT2D eigenvalue weighted by atomic mass is 9.77. The number of aryl methyl sites for hydroxylation is 1. The van der Waals surface area contributed by atoms with Crippen LogP contribution in [0.25, 0.3) is 11.4 Å². The Morgan fingerprint density at radius 1 is 1.13 bits per heavy atom. The summed E-state index contributed by atoms with van der Waals surface area (Å²) in [6.45, 7) is 5.62. The summed E-state index contributed by atoms with van der Waals surface area (Å²) in [6.07, 6.45) is 7.94. The maximum absolute atomic E-state index is 13.2. The van der Waals surface area contributed by atoms with Gasteiger partial charge in [-0.05, 0) is 51.2 Å². The number of benzene rings is 1. The highest BCUT2D eigenvalue weighted by Gasteiger charge is 2.45. The van der Waals surface area contributed by atoms with Crippen LogP contribution in [0.4, 0.5) is 0 Å². The Balaban J connectivity index is 1.44. The fourth-order valence-electron chi connectivity index (χ4n) is 4.87. The predicted octanol–water partition coefficient (Wildman–Crippen LogP) is 4.04. The van der Waals surface area contributed by atoms with Crippen LogP contribution in [-0.4, -0.2) is 43.6 Å². The molecular weight excluding hydrogens is 374 g/mol. The van der Waals surface area contributed by atoms with E-state index in [1.54, 1.807) is 0 Å². The van der Waals surface area contributed by atoms with Crippen molar-refractivity contribution < 1.29 is 4.79 Å². The van der Waals surface area contributed by atoms with Gasteiger partial charge in [0.1, 0.15) is 5.69 Å². The van der Waals surface area contributed by atoms with E-state index in [-0.39, 0.29) is 17.4 Å². The molecule has 3 heterocycles. The SMILES string of the molecule is CC(C)n1ccc(C(=O)N2CCCC3(CCc4cnc(-c5ccccc5)nc43)C2)n1. The van der Waals surface area contributed by atoms with Crippen molar-refractivity contribution in [1.82, 2.24) is 24.6 Å². The second kappa shape index (κ2) is 7.35. The van der Waals surface area contributed by atoms with Crippen LogP contribution in [0.5, 0.6) is 0 Å². The topological polar surface area (TPSA) is 63.9 Å². The Hall–Kier alpha value is -3.02. The second-order valence-corrected chi connectivity index (χ2v) is 8.82. The van der Waals surface area contributed by atoms with Crippen LogP contribution in [0.15, 0.2) is 48.8 Å². The molecular formula is C24H27N5O. The first-order valence-electron chi connectivity index (χ1n) is 10.8. The summed E-state index contributed by atoms with van der Waals surface area (Å²) in [5.41, 5.74) is 3.86. The predicted molar refractivity (Wildman–Crippen MR) is 115 cm³/mol. The van der Waals surface area contributed by atoms with Gasteiger partial charge in [0.15, 0.2) is 5.82 Å². The molecule has 3 aromatic rings. The summed E-state index contributed by atoms with van der Waals surface area (Å²) >= 11 is 0. The molecule has 0 radical (unpaired) electrons. The summed E-state index contributed by atoms with van der Waals surface area (Å²) in [5.74, 6) is 0.800. The number of nitrogens with zero attached hydrogens (tertiary/aromatic N) is 5. The fourth-order valence-corrected chi connectivity index (χ4v) is 4.87. The first-order valence-corrected chi connectivity index (χ1v) is 10.8. The number of likely N-dealkylation sites (tertiary alicyclic amines) is 1. The molecule has 2 aliphatic rings. The molecule has 1 spiro atoms. The Morgan fingerprint density at radius 3 is 2.73 bits per heavy atom. The summed E-state index contributed by atoms with van der Waals surface area (Å²) in [7, 11) is 0. The molecule has 6 heteroatoms. The molecule has 1 aromatic carbocycles. The van der Waals surface area contributed by atoms with Gasteiger partial charge in [-0.3, -0.25) is 9.48 Å². The maximum atomic E-state index is 13.2. The van der Waals surface area contributed by atoms with E-state index >= 15 is 0 Å². The molecule has 5 rings (SSSR count). The molecule has 0 saturated carbocycles. The molecule has 2 aromatic heterocycles. The van der Waals surface area contributed by atoms with Crippen molar-refractivity contribution in [3.05, 3.63) is 65.7 Å². The Kier molecular flexibility index (Phi) is 4.65. The van der Waals surface area contributed by atoms with E-state index in [0.29, 0.717) is 12.2 Å². The summed E-state index contributed by atoms with van der Waals surface area (Å²) in [5, 5.41) is 4.50. The van der Waals surface area contributed by atoms with Crippen molar-refractivity contribution >= 4 is 5.91 Å². The molecule has 30 heavy (non-hydrogen) atoms. The number of hydrogen-bond acceptors (Lipinski definition) is 4. The third kappa shape index (κ3) is 3.20. The van der Waals surface area contributed by atoms with Gasteiger partial charge in [-0.25, -0.2) is 9.97 Å². The van der Waals surface area contributed by atoms with Gasteiger partial charge < -0.3 is 4.90 Å². The van der Waals surface area contributed by atoms with E-state index in [1.807, 2.05) is 58.4 Å². The van der Waals surface area contributed by atoms with E-state index in [4.69, 9.17) is 4.98 Å². The third-order valence-electron chi connectivity index (χ3n) is 6.49. The van der Waals surface area contributed by atoms with Gasteiger partial charge >= 0.3 is 0 Å². The lowest BCUT2D eigenvalue weighted by Crippen LogP contribution is -2.48. The zero-order valence-corrected chi connectivity index (χ0v) is 17.6. The molecule has 1 atom stereocenters. The number of carbonyl (C=O) groups excluding carboxylic acids is 1. The van der Waals surface area contributed by atoms with Crippen LogP contribution in [0.2, 0.25) is 0 Å². The van der Waals surface area contributed by atoms with Crippen molar-refractivity contribution in [2.75, 3.05) is 13.1 Å². The molecule has 1 aliphatic carbocycles. The highest BCUT2D eigenvalue weighted by molar-refractivity contribution is 5.92. The standard InChI is InChI=1S/C24H27N5O/c1-17(2)29-14-10-20(27-29)23(30)28-13-6-11-24(16-28)12-9-19-15-25-22(26-21(19)24)18-7-4-3-5-8-18/h3-5,7-8,10,14-15,17H,6,9,11-13,16H2,1-2H3. The zero-order chi connectivity index (χ0) is 20.7. The van der Waals surface area contributed by atoms with E-state index in [0.717, 1.165) is 49.3 Å². The number of rotatable bonds is 3. The van der Waals surface area contributed by atoms with Crippen molar-refractivity contribution in [2.24, 2.45) is 0 Å². The van der Waals surface area contributed by atoms with Gasteiger partial charge in [0, 0.05) is 42.5 Å². The van der Waals surface area contributed by atoms with Gasteiger partial charge in [-0.2, -0.15) is 5.10 Å². The average molecular weight is 402 g/mol. The van der Waals surface area contributed by atoms with Crippen molar-refractivity contribution in [3.63, 3.8) is 0 Å². The quantitative estimate of drug-likeness (QED) is 0.664. The molecule has 0 bridgehead atoms. The number of carbonyl (C=O) groups is 1. The number of hydrogen-bond donors (Lipinski definition) is 0. The minimum Gasteiger partial charge on any atom is -0.336 e. The summed E-state index contributed by atoms with van der Waals surface area (Å²) in [4.78, 5) is 24.8. The van der Waals surface area contributed by atoms with Gasteiger partial charge in [-0.1, -0.05) is 30.3 Å². The van der Waals surface area contributed by atoms with Crippen LogP contribution >= 0.6 is 0 Å². The number of amides is 1. The molecule has 1 aliphatic heterocycles. The monoisotopic (exact) mass is 401 g/mol. The van der Waals surface area contributed by atoms with E-state index in [1.165, 1.54) is 5.56 Å². The van der Waals surface area contributed by atoms with Crippen LogP contribution in [-0.2, 0) is 11.8 Å². The van der Waals surface area contributed by atoms with Crippen molar-refractivity contribution in [2.45, 2.75) is 51.0 Å². The van der Waals surface area contributed by atoms with E-state index in [9.17, 15) is 4.79 Å². The number of aromatic nitrogens is 4. The summed E-state index contributed by atoms with van der Waals surface area (Å²) < 4.78 is 1.84. The molecule has 154 valence electrons. The van der Waals surface area contributed by atoms with Crippen LogP contribution < -0.4 is 0 Å². The van der Waals surface area contributed by atoms with Gasteiger partial charge in [0.25, 0.3) is 5.91 Å². The van der Waals surface area contributed by atoms with E-state index in [2.05, 4.69) is 23.9 Å². The fraction of sp³-hybridized carbons (Fsp3) is 0.417. The minimum atomic E-state index is -0.0731. The van der Waals surface area contributed by atoms with Gasteiger partial charge in [0.2, 0.25) is 0 Å². The zero-order valence-electron chi connectivity index (χ0n) is 17.6. The van der Waals surface area contributed by atoms with Gasteiger partial charge in [-0.15, -0.1) is 0 Å². The highest BCUT2D eigenvalue weighted by atomic mass is 16.2. The number of piperidine rings is 1. The molecule has 1 amide bonds. The second-order valence-electron chi connectivity index (χ2n) is 8.82. The first-order chi connectivity index (χ1) is 14.6. The average Bonchev–Trinajstić information content (AvgIpc) is 3.40. The van der Waals surface area contributed by atoms with Crippen LogP contribution in [0, 0.1) is 0 Å². The van der Waals surface area contributed by atoms with Crippen LogP contribution in [0.1, 0.15) is 60.9 Å². The molecule has 0 N–H and O–H groups in total. The molecule has 1 fully saturated rings. The normalized spacial score (nSPS) is 20.7. The Morgan fingerprint density at radius 2 is 1.97 bits per heavy atom. The largest absolute Gasteiger partial charge is 0.336 e. The van der Waals surface area contributed by atoms with Crippen molar-refractivity contribution in [3.8, 4) is 11.4 Å².